The second-order valence-electron chi connectivity index (χ2n) is 2.68. The van der Waals surface area contributed by atoms with Crippen molar-refractivity contribution in [3.05, 3.63) is 0 Å². The van der Waals surface area contributed by atoms with Gasteiger partial charge >= 0.3 is 5.97 Å². The second-order valence-corrected chi connectivity index (χ2v) is 2.68. The molecule has 0 spiro atoms. The quantitative estimate of drug-likeness (QED) is 0.607. The summed E-state index contributed by atoms with van der Waals surface area (Å²) in [7, 11) is 3.89. The highest BCUT2D eigenvalue weighted by Crippen LogP contribution is 1.91. The van der Waals surface area contributed by atoms with Gasteiger partial charge in [-0.05, 0) is 21.0 Å². The molecule has 0 heterocycles. The van der Waals surface area contributed by atoms with Crippen molar-refractivity contribution >= 4 is 18.4 Å². The molecular weight excluding hydrogens is 166 g/mol. The van der Waals surface area contributed by atoms with E-state index in [0.29, 0.717) is 0 Å². The number of esters is 1. The van der Waals surface area contributed by atoms with Crippen LogP contribution in [0.5, 0.6) is 0 Å². The fourth-order valence-corrected chi connectivity index (χ4v) is 0.835. The molecule has 0 aliphatic carbocycles. The van der Waals surface area contributed by atoms with Gasteiger partial charge in [-0.3, -0.25) is 4.79 Å². The van der Waals surface area contributed by atoms with Gasteiger partial charge < -0.3 is 9.64 Å². The molecule has 0 aliphatic rings. The molecule has 3 nitrogen and oxygen atoms in total. The Labute approximate surface area is 74.1 Å². The minimum atomic E-state index is -0.214. The Hall–Kier alpha value is -0.280. The van der Waals surface area contributed by atoms with Crippen LogP contribution in [0.25, 0.3) is 0 Å². The standard InChI is InChI=1S/C7H15NO2.ClH/c1-6(5-8(3)4)10-7(2)9;/h6H,5H2,1-4H3;1H. The molecule has 11 heavy (non-hydrogen) atoms. The largest absolute Gasteiger partial charge is 0.461 e. The number of ether oxygens (including phenoxy) is 1. The van der Waals surface area contributed by atoms with Gasteiger partial charge in [0, 0.05) is 13.5 Å². The summed E-state index contributed by atoms with van der Waals surface area (Å²) in [6, 6.07) is 0. The number of carbonyl (C=O) groups is 1. The van der Waals surface area contributed by atoms with Crippen LogP contribution >= 0.6 is 12.4 Å². The van der Waals surface area contributed by atoms with Gasteiger partial charge in [0.2, 0.25) is 0 Å². The van der Waals surface area contributed by atoms with Crippen molar-refractivity contribution in [1.82, 2.24) is 4.90 Å². The summed E-state index contributed by atoms with van der Waals surface area (Å²) < 4.78 is 4.88. The van der Waals surface area contributed by atoms with E-state index in [4.69, 9.17) is 4.74 Å². The Bertz CT molecular complexity index is 117. The lowest BCUT2D eigenvalue weighted by atomic mass is 10.4. The fourth-order valence-electron chi connectivity index (χ4n) is 0.835. The van der Waals surface area contributed by atoms with Gasteiger partial charge in [0.1, 0.15) is 6.10 Å². The number of hydrogen-bond acceptors (Lipinski definition) is 3. The first kappa shape index (κ1) is 13.3. The smallest absolute Gasteiger partial charge is 0.302 e. The van der Waals surface area contributed by atoms with Gasteiger partial charge in [0.05, 0.1) is 0 Å². The Morgan fingerprint density at radius 1 is 1.55 bits per heavy atom. The molecule has 0 aromatic heterocycles. The summed E-state index contributed by atoms with van der Waals surface area (Å²) in [6.07, 6.45) is -0.00694. The van der Waals surface area contributed by atoms with Crippen LogP contribution in [0, 0.1) is 0 Å². The molecule has 0 aromatic carbocycles. The van der Waals surface area contributed by atoms with Gasteiger partial charge in [-0.25, -0.2) is 0 Å². The minimum absolute atomic E-state index is 0. The normalized spacial score (nSPS) is 12.1. The Morgan fingerprint density at radius 2 is 2.00 bits per heavy atom. The first-order valence-electron chi connectivity index (χ1n) is 3.34. The van der Waals surface area contributed by atoms with E-state index in [9.17, 15) is 4.79 Å². The fraction of sp³-hybridized carbons (Fsp3) is 0.857. The monoisotopic (exact) mass is 181 g/mol. The number of likely N-dealkylation sites (N-methyl/N-ethyl adjacent to an activating group) is 1. The third kappa shape index (κ3) is 9.72. The molecule has 4 heteroatoms. The van der Waals surface area contributed by atoms with Gasteiger partial charge in [-0.1, -0.05) is 0 Å². The van der Waals surface area contributed by atoms with Crippen LogP contribution in [-0.2, 0) is 9.53 Å². The minimum Gasteiger partial charge on any atom is -0.461 e. The summed E-state index contributed by atoms with van der Waals surface area (Å²) >= 11 is 0. The van der Waals surface area contributed by atoms with E-state index in [2.05, 4.69) is 0 Å². The van der Waals surface area contributed by atoms with E-state index in [1.54, 1.807) is 0 Å². The molecule has 0 amide bonds. The average molecular weight is 182 g/mol. The van der Waals surface area contributed by atoms with Crippen LogP contribution < -0.4 is 0 Å². The molecular formula is C7H16ClNO2. The van der Waals surface area contributed by atoms with Crippen LogP contribution in [0.4, 0.5) is 0 Å². The zero-order valence-corrected chi connectivity index (χ0v) is 8.27. The van der Waals surface area contributed by atoms with Crippen LogP contribution in [0.2, 0.25) is 0 Å². The SMILES string of the molecule is CC(=O)OC(C)CN(C)C.Cl. The number of nitrogens with zero attached hydrogens (tertiary/aromatic N) is 1. The lowest BCUT2D eigenvalue weighted by Gasteiger charge is -2.16. The first-order valence-corrected chi connectivity index (χ1v) is 3.34. The van der Waals surface area contributed by atoms with E-state index in [-0.39, 0.29) is 24.5 Å². The van der Waals surface area contributed by atoms with E-state index in [1.165, 1.54) is 6.92 Å². The number of carbonyl (C=O) groups excluding carboxylic acids is 1. The molecule has 0 saturated heterocycles. The van der Waals surface area contributed by atoms with E-state index in [0.717, 1.165) is 6.54 Å². The highest BCUT2D eigenvalue weighted by atomic mass is 35.5. The summed E-state index contributed by atoms with van der Waals surface area (Å²) in [5.74, 6) is -0.214. The predicted octanol–water partition coefficient (Wildman–Crippen LogP) is 0.921. The lowest BCUT2D eigenvalue weighted by Crippen LogP contribution is -2.27. The number of hydrogen-bond donors (Lipinski definition) is 0. The van der Waals surface area contributed by atoms with Gasteiger partial charge in [0.15, 0.2) is 0 Å². The molecule has 0 saturated carbocycles. The predicted molar refractivity (Wildman–Crippen MR) is 47.0 cm³/mol. The molecule has 0 rings (SSSR count). The van der Waals surface area contributed by atoms with Crippen LogP contribution in [0.15, 0.2) is 0 Å². The highest BCUT2D eigenvalue weighted by molar-refractivity contribution is 5.85. The maximum atomic E-state index is 10.4. The number of rotatable bonds is 3. The van der Waals surface area contributed by atoms with Crippen LogP contribution in [0.3, 0.4) is 0 Å². The Balaban J connectivity index is 0. The average Bonchev–Trinajstić information content (AvgIpc) is 1.58. The second kappa shape index (κ2) is 6.43. The third-order valence-electron chi connectivity index (χ3n) is 0.989. The van der Waals surface area contributed by atoms with Crippen molar-refractivity contribution in [2.24, 2.45) is 0 Å². The third-order valence-corrected chi connectivity index (χ3v) is 0.989. The number of halogens is 1. The molecule has 0 aromatic rings. The molecule has 0 N–H and O–H groups in total. The van der Waals surface area contributed by atoms with Crippen molar-refractivity contribution in [2.75, 3.05) is 20.6 Å². The maximum absolute atomic E-state index is 10.4. The summed E-state index contributed by atoms with van der Waals surface area (Å²) in [6.45, 7) is 4.08. The zero-order valence-electron chi connectivity index (χ0n) is 7.46. The van der Waals surface area contributed by atoms with Crippen molar-refractivity contribution in [2.45, 2.75) is 20.0 Å². The van der Waals surface area contributed by atoms with Crippen molar-refractivity contribution in [3.63, 3.8) is 0 Å². The van der Waals surface area contributed by atoms with Gasteiger partial charge in [0.25, 0.3) is 0 Å². The van der Waals surface area contributed by atoms with E-state index < -0.39 is 0 Å². The molecule has 1 atom stereocenters. The maximum Gasteiger partial charge on any atom is 0.302 e. The van der Waals surface area contributed by atoms with Crippen molar-refractivity contribution < 1.29 is 9.53 Å². The van der Waals surface area contributed by atoms with Gasteiger partial charge in [-0.15, -0.1) is 12.4 Å². The highest BCUT2D eigenvalue weighted by Gasteiger charge is 2.04. The molecule has 1 unspecified atom stereocenters. The topological polar surface area (TPSA) is 29.5 Å². The molecule has 0 bridgehead atoms. The molecule has 0 aliphatic heterocycles. The lowest BCUT2D eigenvalue weighted by molar-refractivity contribution is -0.145. The summed E-state index contributed by atoms with van der Waals surface area (Å²) in [5, 5.41) is 0. The van der Waals surface area contributed by atoms with E-state index in [1.807, 2.05) is 25.9 Å². The zero-order chi connectivity index (χ0) is 8.15. The van der Waals surface area contributed by atoms with Crippen molar-refractivity contribution in [3.8, 4) is 0 Å². The van der Waals surface area contributed by atoms with Crippen molar-refractivity contribution in [1.29, 1.82) is 0 Å². The van der Waals surface area contributed by atoms with Gasteiger partial charge in [-0.2, -0.15) is 0 Å². The van der Waals surface area contributed by atoms with E-state index >= 15 is 0 Å². The summed E-state index contributed by atoms with van der Waals surface area (Å²) in [5.41, 5.74) is 0. The molecule has 0 radical (unpaired) electrons. The molecule has 0 fully saturated rings. The van der Waals surface area contributed by atoms with Crippen LogP contribution in [-0.4, -0.2) is 37.6 Å². The Kier molecular flexibility index (Phi) is 7.79. The first-order chi connectivity index (χ1) is 4.52. The Morgan fingerprint density at radius 3 is 2.27 bits per heavy atom. The van der Waals surface area contributed by atoms with Crippen LogP contribution in [0.1, 0.15) is 13.8 Å². The summed E-state index contributed by atoms with van der Waals surface area (Å²) in [4.78, 5) is 12.4. The molecule has 68 valence electrons.